The fraction of sp³-hybridized carbons (Fsp3) is 0.364. The van der Waals surface area contributed by atoms with E-state index in [1.165, 1.54) is 6.07 Å². The summed E-state index contributed by atoms with van der Waals surface area (Å²) in [5.74, 6) is -0.626. The molecule has 1 aromatic rings. The van der Waals surface area contributed by atoms with Crippen molar-refractivity contribution in [2.24, 2.45) is 5.73 Å². The largest absolute Gasteiger partial charge is 0.350 e. The van der Waals surface area contributed by atoms with E-state index in [0.717, 1.165) is 0 Å². The van der Waals surface area contributed by atoms with E-state index in [0.29, 0.717) is 5.56 Å². The maximum atomic E-state index is 13.2. The van der Waals surface area contributed by atoms with Crippen LogP contribution in [0.25, 0.3) is 0 Å². The van der Waals surface area contributed by atoms with E-state index in [1.54, 1.807) is 32.0 Å². The van der Waals surface area contributed by atoms with E-state index in [1.807, 2.05) is 0 Å². The van der Waals surface area contributed by atoms with Gasteiger partial charge in [-0.25, -0.2) is 4.39 Å². The highest BCUT2D eigenvalue weighted by Gasteiger charge is 2.21. The molecule has 0 bridgehead atoms. The zero-order chi connectivity index (χ0) is 11.5. The topological polar surface area (TPSA) is 55.1 Å². The average molecular weight is 210 g/mol. The normalized spacial score (nSPS) is 11.2. The van der Waals surface area contributed by atoms with Gasteiger partial charge in [0.15, 0.2) is 0 Å². The number of benzene rings is 1. The van der Waals surface area contributed by atoms with Gasteiger partial charge in [-0.2, -0.15) is 0 Å². The molecule has 3 N–H and O–H groups in total. The minimum absolute atomic E-state index is 0.159. The van der Waals surface area contributed by atoms with E-state index in [2.05, 4.69) is 5.32 Å². The smallest absolute Gasteiger partial charge is 0.239 e. The highest BCUT2D eigenvalue weighted by molar-refractivity contribution is 5.84. The third-order valence-electron chi connectivity index (χ3n) is 1.98. The zero-order valence-corrected chi connectivity index (χ0v) is 8.88. The predicted octanol–water partition coefficient (Wildman–Crippen LogP) is 1.18. The number of carbonyl (C=O) groups is 1. The fourth-order valence-corrected chi connectivity index (χ4v) is 1.05. The lowest BCUT2D eigenvalue weighted by molar-refractivity contribution is -0.125. The van der Waals surface area contributed by atoms with Crippen LogP contribution in [-0.2, 0) is 11.3 Å². The van der Waals surface area contributed by atoms with E-state index >= 15 is 0 Å². The molecule has 0 aromatic heterocycles. The first-order valence-electron chi connectivity index (χ1n) is 4.72. The highest BCUT2D eigenvalue weighted by atomic mass is 19.1. The summed E-state index contributed by atoms with van der Waals surface area (Å²) in [5.41, 5.74) is 5.09. The molecule has 0 aliphatic rings. The number of rotatable bonds is 3. The molecule has 1 aromatic carbocycles. The Morgan fingerprint density at radius 1 is 1.47 bits per heavy atom. The Morgan fingerprint density at radius 3 is 2.60 bits per heavy atom. The minimum atomic E-state index is -0.939. The van der Waals surface area contributed by atoms with E-state index < -0.39 is 5.54 Å². The monoisotopic (exact) mass is 210 g/mol. The summed E-state index contributed by atoms with van der Waals surface area (Å²) in [6.07, 6.45) is 0. The number of carbonyl (C=O) groups excluding carboxylic acids is 1. The third-order valence-corrected chi connectivity index (χ3v) is 1.98. The van der Waals surface area contributed by atoms with Crippen LogP contribution >= 0.6 is 0 Å². The van der Waals surface area contributed by atoms with E-state index in [-0.39, 0.29) is 18.3 Å². The van der Waals surface area contributed by atoms with E-state index in [9.17, 15) is 9.18 Å². The van der Waals surface area contributed by atoms with Crippen LogP contribution < -0.4 is 11.1 Å². The summed E-state index contributed by atoms with van der Waals surface area (Å²) >= 11 is 0. The minimum Gasteiger partial charge on any atom is -0.350 e. The van der Waals surface area contributed by atoms with Gasteiger partial charge in [0.05, 0.1) is 5.54 Å². The molecule has 0 fully saturated rings. The first kappa shape index (κ1) is 11.7. The van der Waals surface area contributed by atoms with Crippen molar-refractivity contribution in [3.05, 3.63) is 35.6 Å². The number of halogens is 1. The molecule has 0 unspecified atom stereocenters. The summed E-state index contributed by atoms with van der Waals surface area (Å²) in [7, 11) is 0. The molecule has 0 spiro atoms. The lowest BCUT2D eigenvalue weighted by Crippen LogP contribution is -2.48. The van der Waals surface area contributed by atoms with Crippen LogP contribution in [0.15, 0.2) is 24.3 Å². The first-order chi connectivity index (χ1) is 6.91. The standard InChI is InChI=1S/C11H15FN2O/c1-11(2,13)10(15)14-7-8-5-3-4-6-9(8)12/h3-6H,7,13H2,1-2H3,(H,14,15). The Bertz CT molecular complexity index is 358. The van der Waals surface area contributed by atoms with Crippen LogP contribution in [0, 0.1) is 5.82 Å². The Balaban J connectivity index is 2.59. The second-order valence-corrected chi connectivity index (χ2v) is 4.00. The van der Waals surface area contributed by atoms with Gasteiger partial charge in [-0.05, 0) is 19.9 Å². The quantitative estimate of drug-likeness (QED) is 0.787. The maximum Gasteiger partial charge on any atom is 0.239 e. The number of hydrogen-bond donors (Lipinski definition) is 2. The molecular formula is C11H15FN2O. The van der Waals surface area contributed by atoms with Gasteiger partial charge in [-0.3, -0.25) is 4.79 Å². The van der Waals surface area contributed by atoms with Crippen molar-refractivity contribution < 1.29 is 9.18 Å². The summed E-state index contributed by atoms with van der Waals surface area (Å²) < 4.78 is 13.2. The van der Waals surface area contributed by atoms with Crippen molar-refractivity contribution in [3.63, 3.8) is 0 Å². The molecule has 3 nitrogen and oxygen atoms in total. The Labute approximate surface area is 88.5 Å². The number of hydrogen-bond acceptors (Lipinski definition) is 2. The average Bonchev–Trinajstić information content (AvgIpc) is 2.14. The first-order valence-corrected chi connectivity index (χ1v) is 4.72. The second-order valence-electron chi connectivity index (χ2n) is 4.00. The van der Waals surface area contributed by atoms with Crippen molar-refractivity contribution in [1.82, 2.24) is 5.32 Å². The van der Waals surface area contributed by atoms with Gasteiger partial charge in [0.1, 0.15) is 5.82 Å². The number of amides is 1. The van der Waals surface area contributed by atoms with Crippen LogP contribution in [-0.4, -0.2) is 11.4 Å². The van der Waals surface area contributed by atoms with Gasteiger partial charge in [0, 0.05) is 12.1 Å². The van der Waals surface area contributed by atoms with Crippen molar-refractivity contribution in [2.75, 3.05) is 0 Å². The van der Waals surface area contributed by atoms with Gasteiger partial charge >= 0.3 is 0 Å². The zero-order valence-electron chi connectivity index (χ0n) is 8.88. The molecule has 0 heterocycles. The number of nitrogens with two attached hydrogens (primary N) is 1. The molecule has 0 saturated carbocycles. The van der Waals surface area contributed by atoms with Crippen LogP contribution in [0.5, 0.6) is 0 Å². The van der Waals surface area contributed by atoms with Gasteiger partial charge in [0.25, 0.3) is 0 Å². The summed E-state index contributed by atoms with van der Waals surface area (Å²) in [4.78, 5) is 11.4. The van der Waals surface area contributed by atoms with Crippen molar-refractivity contribution >= 4 is 5.91 Å². The molecule has 0 radical (unpaired) electrons. The lowest BCUT2D eigenvalue weighted by Gasteiger charge is -2.17. The summed E-state index contributed by atoms with van der Waals surface area (Å²) in [6, 6.07) is 6.31. The maximum absolute atomic E-state index is 13.2. The summed E-state index contributed by atoms with van der Waals surface area (Å²) in [5, 5.41) is 2.58. The fourth-order valence-electron chi connectivity index (χ4n) is 1.05. The van der Waals surface area contributed by atoms with Crippen LogP contribution in [0.1, 0.15) is 19.4 Å². The third kappa shape index (κ3) is 3.32. The van der Waals surface area contributed by atoms with Crippen LogP contribution in [0.4, 0.5) is 4.39 Å². The lowest BCUT2D eigenvalue weighted by atomic mass is 10.1. The SMILES string of the molecule is CC(C)(N)C(=O)NCc1ccccc1F. The summed E-state index contributed by atoms with van der Waals surface area (Å²) in [6.45, 7) is 3.36. The molecular weight excluding hydrogens is 195 g/mol. The van der Waals surface area contributed by atoms with Crippen LogP contribution in [0.3, 0.4) is 0 Å². The molecule has 1 rings (SSSR count). The predicted molar refractivity (Wildman–Crippen MR) is 56.5 cm³/mol. The van der Waals surface area contributed by atoms with Crippen molar-refractivity contribution in [3.8, 4) is 0 Å². The number of nitrogens with one attached hydrogen (secondary N) is 1. The molecule has 0 saturated heterocycles. The second kappa shape index (κ2) is 4.40. The van der Waals surface area contributed by atoms with Crippen molar-refractivity contribution in [2.45, 2.75) is 25.9 Å². The highest BCUT2D eigenvalue weighted by Crippen LogP contribution is 2.06. The van der Waals surface area contributed by atoms with Gasteiger partial charge in [0.2, 0.25) is 5.91 Å². The van der Waals surface area contributed by atoms with Gasteiger partial charge in [-0.15, -0.1) is 0 Å². The van der Waals surface area contributed by atoms with Gasteiger partial charge in [-0.1, -0.05) is 18.2 Å². The Morgan fingerprint density at radius 2 is 2.07 bits per heavy atom. The molecule has 1 amide bonds. The Hall–Kier alpha value is -1.42. The molecule has 0 aliphatic carbocycles. The van der Waals surface area contributed by atoms with Crippen molar-refractivity contribution in [1.29, 1.82) is 0 Å². The molecule has 82 valence electrons. The van der Waals surface area contributed by atoms with Gasteiger partial charge < -0.3 is 11.1 Å². The molecule has 4 heteroatoms. The Kier molecular flexibility index (Phi) is 3.42. The van der Waals surface area contributed by atoms with E-state index in [4.69, 9.17) is 5.73 Å². The van der Waals surface area contributed by atoms with Crippen LogP contribution in [0.2, 0.25) is 0 Å². The molecule has 0 aliphatic heterocycles. The molecule has 15 heavy (non-hydrogen) atoms. The molecule has 0 atom stereocenters.